The monoisotopic (exact) mass is 653 g/mol. The maximum absolute atomic E-state index is 6.29. The third kappa shape index (κ3) is 5.12. The summed E-state index contributed by atoms with van der Waals surface area (Å²) in [6.07, 6.45) is 1.65. The largest absolute Gasteiger partial charge is 0.456 e. The second-order valence-corrected chi connectivity index (χ2v) is 13.1. The SMILES string of the molecule is c1ccc(-c2ccc(-c3nc(C4=c5ccccc5=C(c5cccc6oc7ccccc7c56)CC4)nc(-c4ccc5ccccc5c4)n3)cc2)cc1. The summed E-state index contributed by atoms with van der Waals surface area (Å²) < 4.78 is 6.29. The van der Waals surface area contributed by atoms with Crippen molar-refractivity contribution in [1.82, 2.24) is 15.0 Å². The molecule has 0 saturated heterocycles. The number of fused-ring (bicyclic) bond motifs is 5. The molecule has 0 saturated carbocycles. The Balaban J connectivity index is 1.19. The molecule has 0 unspecified atom stereocenters. The molecule has 51 heavy (non-hydrogen) atoms. The van der Waals surface area contributed by atoms with Gasteiger partial charge in [0.1, 0.15) is 11.2 Å². The normalized spacial score (nSPS) is 12.9. The lowest BCUT2D eigenvalue weighted by Gasteiger charge is -2.18. The lowest BCUT2D eigenvalue weighted by molar-refractivity contribution is 0.669. The Morgan fingerprint density at radius 1 is 0.392 bits per heavy atom. The number of furan rings is 1. The number of rotatable bonds is 5. The van der Waals surface area contributed by atoms with E-state index in [0.717, 1.165) is 62.3 Å². The van der Waals surface area contributed by atoms with E-state index in [4.69, 9.17) is 19.4 Å². The van der Waals surface area contributed by atoms with E-state index in [1.165, 1.54) is 32.7 Å². The predicted molar refractivity (Wildman–Crippen MR) is 207 cm³/mol. The van der Waals surface area contributed by atoms with Gasteiger partial charge in [-0.15, -0.1) is 0 Å². The molecule has 2 aromatic heterocycles. The standard InChI is InChI=1S/C47H31N3O/c1-2-11-30(12-3-1)32-21-24-33(25-22-32)45-48-46(35-26-23-31-13-4-5-14-34(31)29-35)50-47(49-45)40-28-27-38(36-15-6-7-16-37(36)40)39-18-10-20-43-44(39)41-17-8-9-19-42(41)51-43/h1-26,29H,27-28H2. The third-order valence-corrected chi connectivity index (χ3v) is 10.1. The van der Waals surface area contributed by atoms with E-state index in [-0.39, 0.29) is 0 Å². The van der Waals surface area contributed by atoms with Crippen LogP contribution in [0.5, 0.6) is 0 Å². The van der Waals surface area contributed by atoms with E-state index in [2.05, 4.69) is 146 Å². The molecule has 4 heteroatoms. The highest BCUT2D eigenvalue weighted by Gasteiger charge is 2.21. The van der Waals surface area contributed by atoms with Crippen molar-refractivity contribution in [3.05, 3.63) is 186 Å². The number of hydrogen-bond acceptors (Lipinski definition) is 4. The van der Waals surface area contributed by atoms with E-state index >= 15 is 0 Å². The minimum absolute atomic E-state index is 0.664. The molecule has 0 radical (unpaired) electrons. The van der Waals surface area contributed by atoms with Crippen LogP contribution in [0.2, 0.25) is 0 Å². The third-order valence-electron chi connectivity index (χ3n) is 10.1. The van der Waals surface area contributed by atoms with Crippen LogP contribution in [0.1, 0.15) is 24.2 Å². The Morgan fingerprint density at radius 3 is 1.82 bits per heavy atom. The van der Waals surface area contributed by atoms with Gasteiger partial charge in [-0.05, 0) is 74.5 Å². The average Bonchev–Trinajstić information content (AvgIpc) is 3.60. The van der Waals surface area contributed by atoms with Gasteiger partial charge in [-0.3, -0.25) is 0 Å². The number of hydrogen-bond donors (Lipinski definition) is 0. The Kier molecular flexibility index (Phi) is 6.91. The summed E-state index contributed by atoms with van der Waals surface area (Å²) in [5, 5.41) is 7.01. The van der Waals surface area contributed by atoms with Crippen LogP contribution in [0.4, 0.5) is 0 Å². The summed E-state index contributed by atoms with van der Waals surface area (Å²) in [4.78, 5) is 15.5. The molecule has 0 fully saturated rings. The number of aromatic nitrogens is 3. The summed E-state index contributed by atoms with van der Waals surface area (Å²) in [5.41, 5.74) is 9.74. The zero-order chi connectivity index (χ0) is 33.7. The molecule has 2 heterocycles. The van der Waals surface area contributed by atoms with Crippen molar-refractivity contribution < 1.29 is 4.42 Å². The van der Waals surface area contributed by atoms with E-state index in [1.807, 2.05) is 18.2 Å². The van der Waals surface area contributed by atoms with E-state index in [9.17, 15) is 0 Å². The fraction of sp³-hybridized carbons (Fsp3) is 0.0426. The minimum Gasteiger partial charge on any atom is -0.456 e. The molecule has 1 aliphatic carbocycles. The van der Waals surface area contributed by atoms with Gasteiger partial charge >= 0.3 is 0 Å². The quantitative estimate of drug-likeness (QED) is 0.186. The molecule has 9 aromatic rings. The average molecular weight is 654 g/mol. The van der Waals surface area contributed by atoms with Gasteiger partial charge in [0.15, 0.2) is 17.5 Å². The number of para-hydroxylation sites is 1. The number of nitrogens with zero attached hydrogens (tertiary/aromatic N) is 3. The summed E-state index contributed by atoms with van der Waals surface area (Å²) >= 11 is 0. The zero-order valence-corrected chi connectivity index (χ0v) is 27.8. The van der Waals surface area contributed by atoms with Crippen molar-refractivity contribution >= 4 is 43.9 Å². The first-order valence-electron chi connectivity index (χ1n) is 17.4. The van der Waals surface area contributed by atoms with E-state index in [1.54, 1.807) is 0 Å². The molecule has 0 bridgehead atoms. The van der Waals surface area contributed by atoms with Gasteiger partial charge in [0.25, 0.3) is 0 Å². The van der Waals surface area contributed by atoms with Gasteiger partial charge in [-0.1, -0.05) is 146 Å². The van der Waals surface area contributed by atoms with Gasteiger partial charge in [-0.25, -0.2) is 15.0 Å². The summed E-state index contributed by atoms with van der Waals surface area (Å²) in [5.74, 6) is 2.05. The molecule has 10 rings (SSSR count). The van der Waals surface area contributed by atoms with Crippen LogP contribution >= 0.6 is 0 Å². The first-order chi connectivity index (χ1) is 25.3. The second-order valence-electron chi connectivity index (χ2n) is 13.1. The lowest BCUT2D eigenvalue weighted by Crippen LogP contribution is -2.33. The van der Waals surface area contributed by atoms with Crippen molar-refractivity contribution in [2.75, 3.05) is 0 Å². The highest BCUT2D eigenvalue weighted by Crippen LogP contribution is 2.36. The topological polar surface area (TPSA) is 51.8 Å². The Labute approximate surface area is 294 Å². The maximum atomic E-state index is 6.29. The van der Waals surface area contributed by atoms with Crippen LogP contribution < -0.4 is 10.4 Å². The zero-order valence-electron chi connectivity index (χ0n) is 27.8. The molecular formula is C47H31N3O. The van der Waals surface area contributed by atoms with E-state index in [0.29, 0.717) is 17.5 Å². The van der Waals surface area contributed by atoms with Crippen molar-refractivity contribution in [2.45, 2.75) is 12.8 Å². The van der Waals surface area contributed by atoms with Gasteiger partial charge in [0, 0.05) is 27.5 Å². The first kappa shape index (κ1) is 29.3. The lowest BCUT2D eigenvalue weighted by atomic mass is 9.87. The molecule has 0 atom stereocenters. The first-order valence-corrected chi connectivity index (χ1v) is 17.4. The molecule has 0 N–H and O–H groups in total. The molecule has 0 amide bonds. The van der Waals surface area contributed by atoms with Gasteiger partial charge in [0.2, 0.25) is 0 Å². The van der Waals surface area contributed by atoms with Crippen LogP contribution in [-0.2, 0) is 0 Å². The van der Waals surface area contributed by atoms with Crippen molar-refractivity contribution in [2.24, 2.45) is 0 Å². The molecule has 4 nitrogen and oxygen atoms in total. The molecule has 240 valence electrons. The Hall–Kier alpha value is -6.65. The molecule has 1 aliphatic rings. The van der Waals surface area contributed by atoms with Crippen LogP contribution in [-0.4, -0.2) is 15.0 Å². The van der Waals surface area contributed by atoms with Crippen molar-refractivity contribution in [1.29, 1.82) is 0 Å². The minimum atomic E-state index is 0.664. The molecule has 0 spiro atoms. The second kappa shape index (κ2) is 12.0. The van der Waals surface area contributed by atoms with Crippen LogP contribution in [0, 0.1) is 0 Å². The predicted octanol–water partition coefficient (Wildman–Crippen LogP) is 10.1. The van der Waals surface area contributed by atoms with Crippen molar-refractivity contribution in [3.63, 3.8) is 0 Å². The molecule has 7 aromatic carbocycles. The Morgan fingerprint density at radius 2 is 0.980 bits per heavy atom. The van der Waals surface area contributed by atoms with E-state index < -0.39 is 0 Å². The van der Waals surface area contributed by atoms with Gasteiger partial charge in [0.05, 0.1) is 0 Å². The Bertz CT molecular complexity index is 2910. The fourth-order valence-corrected chi connectivity index (χ4v) is 7.61. The van der Waals surface area contributed by atoms with Crippen LogP contribution in [0.25, 0.3) is 77.8 Å². The highest BCUT2D eigenvalue weighted by atomic mass is 16.3. The maximum Gasteiger partial charge on any atom is 0.164 e. The smallest absolute Gasteiger partial charge is 0.164 e. The molecule has 0 aliphatic heterocycles. The number of benzene rings is 7. The van der Waals surface area contributed by atoms with Gasteiger partial charge < -0.3 is 4.42 Å². The van der Waals surface area contributed by atoms with Crippen LogP contribution in [0.3, 0.4) is 0 Å². The summed E-state index contributed by atoms with van der Waals surface area (Å²) in [6, 6.07) is 57.2. The van der Waals surface area contributed by atoms with Crippen molar-refractivity contribution in [3.8, 4) is 33.9 Å². The molecular weight excluding hydrogens is 623 g/mol. The fourth-order valence-electron chi connectivity index (χ4n) is 7.61. The highest BCUT2D eigenvalue weighted by molar-refractivity contribution is 6.10. The van der Waals surface area contributed by atoms with Crippen LogP contribution in [0.15, 0.2) is 168 Å². The van der Waals surface area contributed by atoms with Gasteiger partial charge in [-0.2, -0.15) is 0 Å². The summed E-state index contributed by atoms with van der Waals surface area (Å²) in [7, 11) is 0. The summed E-state index contributed by atoms with van der Waals surface area (Å²) in [6.45, 7) is 0.